The minimum atomic E-state index is 0.597. The zero-order valence-corrected chi connectivity index (χ0v) is 12.6. The molecule has 1 aromatic rings. The van der Waals surface area contributed by atoms with E-state index >= 15 is 0 Å². The van der Waals surface area contributed by atoms with Crippen LogP contribution in [0.2, 0.25) is 0 Å². The molecule has 0 saturated carbocycles. The number of nitrogens with zero attached hydrogens (tertiary/aromatic N) is 1. The molecule has 0 aromatic heterocycles. The maximum absolute atomic E-state index is 5.79. The summed E-state index contributed by atoms with van der Waals surface area (Å²) in [5, 5.41) is 0. The van der Waals surface area contributed by atoms with Gasteiger partial charge in [0.15, 0.2) is 0 Å². The fraction of sp³-hybridized carbons (Fsp3) is 0.625. The molecule has 1 rings (SSSR count). The Hall–Kier alpha value is -0.900. The summed E-state index contributed by atoms with van der Waals surface area (Å²) in [5.74, 6) is 0. The van der Waals surface area contributed by atoms with E-state index in [1.165, 1.54) is 17.5 Å². The number of rotatable bonds is 9. The molecule has 0 heterocycles. The lowest BCUT2D eigenvalue weighted by Gasteiger charge is -2.28. The summed E-state index contributed by atoms with van der Waals surface area (Å²) in [7, 11) is 1.76. The van der Waals surface area contributed by atoms with E-state index < -0.39 is 0 Å². The van der Waals surface area contributed by atoms with Gasteiger partial charge in [-0.05, 0) is 30.9 Å². The van der Waals surface area contributed by atoms with E-state index in [9.17, 15) is 0 Å². The molecule has 1 atom stereocenters. The van der Waals surface area contributed by atoms with Gasteiger partial charge in [0.25, 0.3) is 0 Å². The van der Waals surface area contributed by atoms with Gasteiger partial charge in [0.05, 0.1) is 6.61 Å². The first-order valence-electron chi connectivity index (χ1n) is 7.22. The summed E-state index contributed by atoms with van der Waals surface area (Å²) in [6.07, 6.45) is 2.23. The molecule has 3 nitrogen and oxygen atoms in total. The maximum Gasteiger partial charge on any atom is 0.0589 e. The zero-order chi connectivity index (χ0) is 14.1. The SMILES string of the molecule is CCC(C)N(CCOC)CCc1ccccc1CN. The molecule has 108 valence electrons. The highest BCUT2D eigenvalue weighted by atomic mass is 16.5. The van der Waals surface area contributed by atoms with Gasteiger partial charge >= 0.3 is 0 Å². The van der Waals surface area contributed by atoms with Crippen LogP contribution in [0.25, 0.3) is 0 Å². The topological polar surface area (TPSA) is 38.5 Å². The highest BCUT2D eigenvalue weighted by Crippen LogP contribution is 2.11. The normalized spacial score (nSPS) is 12.9. The molecule has 0 spiro atoms. The first kappa shape index (κ1) is 16.2. The van der Waals surface area contributed by atoms with Crippen molar-refractivity contribution < 1.29 is 4.74 Å². The lowest BCUT2D eigenvalue weighted by Crippen LogP contribution is -2.37. The van der Waals surface area contributed by atoms with Gasteiger partial charge < -0.3 is 10.5 Å². The van der Waals surface area contributed by atoms with Gasteiger partial charge in [0.2, 0.25) is 0 Å². The second-order valence-corrected chi connectivity index (χ2v) is 5.01. The van der Waals surface area contributed by atoms with Gasteiger partial charge in [-0.15, -0.1) is 0 Å². The smallest absolute Gasteiger partial charge is 0.0589 e. The second-order valence-electron chi connectivity index (χ2n) is 5.01. The third-order valence-electron chi connectivity index (χ3n) is 3.80. The van der Waals surface area contributed by atoms with Crippen LogP contribution in [0.3, 0.4) is 0 Å². The van der Waals surface area contributed by atoms with Crippen molar-refractivity contribution in [2.75, 3.05) is 26.8 Å². The van der Waals surface area contributed by atoms with Gasteiger partial charge in [0.1, 0.15) is 0 Å². The molecule has 0 aliphatic rings. The Morgan fingerprint density at radius 1 is 1.21 bits per heavy atom. The van der Waals surface area contributed by atoms with Gasteiger partial charge in [-0.25, -0.2) is 0 Å². The molecule has 2 N–H and O–H groups in total. The molecule has 0 aliphatic carbocycles. The van der Waals surface area contributed by atoms with Crippen LogP contribution >= 0.6 is 0 Å². The van der Waals surface area contributed by atoms with E-state index in [1.54, 1.807) is 7.11 Å². The predicted octanol–water partition coefficient (Wildman–Crippen LogP) is 2.43. The molecule has 0 radical (unpaired) electrons. The number of methoxy groups -OCH3 is 1. The monoisotopic (exact) mass is 264 g/mol. The molecule has 1 aromatic carbocycles. The summed E-state index contributed by atoms with van der Waals surface area (Å²) in [5.41, 5.74) is 8.42. The van der Waals surface area contributed by atoms with Crippen molar-refractivity contribution in [3.05, 3.63) is 35.4 Å². The minimum Gasteiger partial charge on any atom is -0.383 e. The van der Waals surface area contributed by atoms with Crippen LogP contribution in [-0.2, 0) is 17.7 Å². The highest BCUT2D eigenvalue weighted by Gasteiger charge is 2.12. The van der Waals surface area contributed by atoms with Crippen molar-refractivity contribution in [2.24, 2.45) is 5.73 Å². The number of nitrogens with two attached hydrogens (primary N) is 1. The van der Waals surface area contributed by atoms with Crippen LogP contribution in [0, 0.1) is 0 Å². The third-order valence-corrected chi connectivity index (χ3v) is 3.80. The average molecular weight is 264 g/mol. The molecule has 3 heteroatoms. The number of benzene rings is 1. The Kier molecular flexibility index (Phi) is 7.72. The van der Waals surface area contributed by atoms with Crippen LogP contribution in [0.15, 0.2) is 24.3 Å². The molecule has 0 aliphatic heterocycles. The fourth-order valence-electron chi connectivity index (χ4n) is 2.28. The minimum absolute atomic E-state index is 0.597. The summed E-state index contributed by atoms with van der Waals surface area (Å²) in [6, 6.07) is 9.06. The average Bonchev–Trinajstić information content (AvgIpc) is 2.47. The Morgan fingerprint density at radius 3 is 2.47 bits per heavy atom. The Morgan fingerprint density at radius 2 is 1.89 bits per heavy atom. The van der Waals surface area contributed by atoms with Crippen molar-refractivity contribution in [3.8, 4) is 0 Å². The van der Waals surface area contributed by atoms with Crippen molar-refractivity contribution in [1.82, 2.24) is 4.90 Å². The van der Waals surface area contributed by atoms with E-state index in [4.69, 9.17) is 10.5 Å². The fourth-order valence-corrected chi connectivity index (χ4v) is 2.28. The van der Waals surface area contributed by atoms with Crippen LogP contribution in [0.1, 0.15) is 31.4 Å². The highest BCUT2D eigenvalue weighted by molar-refractivity contribution is 5.27. The lowest BCUT2D eigenvalue weighted by molar-refractivity contribution is 0.124. The molecule has 0 fully saturated rings. The van der Waals surface area contributed by atoms with E-state index in [0.717, 1.165) is 26.1 Å². The quantitative estimate of drug-likeness (QED) is 0.744. The molecule has 0 saturated heterocycles. The van der Waals surface area contributed by atoms with Gasteiger partial charge in [-0.2, -0.15) is 0 Å². The Balaban J connectivity index is 2.59. The molecule has 0 amide bonds. The van der Waals surface area contributed by atoms with E-state index in [2.05, 4.69) is 43.0 Å². The summed E-state index contributed by atoms with van der Waals surface area (Å²) in [6.45, 7) is 7.99. The molecular weight excluding hydrogens is 236 g/mol. The summed E-state index contributed by atoms with van der Waals surface area (Å²) in [4.78, 5) is 2.50. The van der Waals surface area contributed by atoms with Crippen LogP contribution < -0.4 is 5.73 Å². The first-order chi connectivity index (χ1) is 9.22. The Bertz CT molecular complexity index is 354. The third kappa shape index (κ3) is 5.31. The number of ether oxygens (including phenoxy) is 1. The summed E-state index contributed by atoms with van der Waals surface area (Å²) >= 11 is 0. The maximum atomic E-state index is 5.79. The zero-order valence-electron chi connectivity index (χ0n) is 12.6. The van der Waals surface area contributed by atoms with E-state index in [0.29, 0.717) is 12.6 Å². The Labute approximate surface area is 117 Å². The van der Waals surface area contributed by atoms with Crippen molar-refractivity contribution >= 4 is 0 Å². The number of hydrogen-bond donors (Lipinski definition) is 1. The van der Waals surface area contributed by atoms with Crippen LogP contribution in [0.5, 0.6) is 0 Å². The standard InChI is InChI=1S/C16H28N2O/c1-4-14(2)18(11-12-19-3)10-9-15-7-5-6-8-16(15)13-17/h5-8,14H,4,9-13,17H2,1-3H3. The molecule has 0 bridgehead atoms. The van der Waals surface area contributed by atoms with Crippen LogP contribution in [-0.4, -0.2) is 37.7 Å². The van der Waals surface area contributed by atoms with Gasteiger partial charge in [-0.1, -0.05) is 31.2 Å². The second kappa shape index (κ2) is 9.08. The van der Waals surface area contributed by atoms with E-state index in [-0.39, 0.29) is 0 Å². The van der Waals surface area contributed by atoms with Gasteiger partial charge in [0, 0.05) is 32.8 Å². The van der Waals surface area contributed by atoms with Crippen LogP contribution in [0.4, 0.5) is 0 Å². The largest absolute Gasteiger partial charge is 0.383 e. The molecule has 1 unspecified atom stereocenters. The van der Waals surface area contributed by atoms with E-state index in [1.807, 2.05) is 0 Å². The molecule has 19 heavy (non-hydrogen) atoms. The van der Waals surface area contributed by atoms with Gasteiger partial charge in [-0.3, -0.25) is 4.90 Å². The lowest BCUT2D eigenvalue weighted by atomic mass is 10.0. The molecular formula is C16H28N2O. The first-order valence-corrected chi connectivity index (χ1v) is 7.22. The van der Waals surface area contributed by atoms with Crippen molar-refractivity contribution in [3.63, 3.8) is 0 Å². The van der Waals surface area contributed by atoms with Crippen molar-refractivity contribution in [1.29, 1.82) is 0 Å². The van der Waals surface area contributed by atoms with Crippen molar-refractivity contribution in [2.45, 2.75) is 39.3 Å². The summed E-state index contributed by atoms with van der Waals surface area (Å²) < 4.78 is 5.20. The predicted molar refractivity (Wildman–Crippen MR) is 81.2 cm³/mol. The number of hydrogen-bond acceptors (Lipinski definition) is 3.